The van der Waals surface area contributed by atoms with Crippen LogP contribution in [0.25, 0.3) is 16.9 Å². The Hall–Kier alpha value is -4.95. The maximum Gasteiger partial charge on any atom is 0.335 e. The number of nitrogens with two attached hydrogens (primary N) is 1. The van der Waals surface area contributed by atoms with Crippen molar-refractivity contribution in [3.8, 4) is 23.3 Å². The third-order valence-electron chi connectivity index (χ3n) is 6.79. The molecule has 1 aliphatic heterocycles. The summed E-state index contributed by atoms with van der Waals surface area (Å²) < 4.78 is 8.90. The predicted molar refractivity (Wildman–Crippen MR) is 156 cm³/mol. The number of aromatic nitrogens is 4. The summed E-state index contributed by atoms with van der Waals surface area (Å²) >= 11 is 0. The average molecular weight is 553 g/mol. The van der Waals surface area contributed by atoms with Crippen molar-refractivity contribution in [1.29, 1.82) is 5.26 Å². The number of likely N-dealkylation sites (tertiary alicyclic amines) is 1. The normalized spacial score (nSPS) is 14.2. The summed E-state index contributed by atoms with van der Waals surface area (Å²) in [5, 5.41) is 13.0. The van der Waals surface area contributed by atoms with Crippen LogP contribution in [0.5, 0.6) is 11.5 Å². The maximum absolute atomic E-state index is 13.8. The highest BCUT2D eigenvalue weighted by Crippen LogP contribution is 2.29. The van der Waals surface area contributed by atoms with Gasteiger partial charge in [-0.2, -0.15) is 5.26 Å². The van der Waals surface area contributed by atoms with E-state index >= 15 is 0 Å². The first-order valence-electron chi connectivity index (χ1n) is 13.3. The molecule has 1 aliphatic rings. The molecule has 210 valence electrons. The van der Waals surface area contributed by atoms with E-state index in [2.05, 4.69) is 15.3 Å². The molecule has 11 nitrogen and oxygen atoms in total. The molecule has 1 saturated heterocycles. The number of nitriles is 1. The van der Waals surface area contributed by atoms with Crippen molar-refractivity contribution in [3.05, 3.63) is 83.1 Å². The van der Waals surface area contributed by atoms with E-state index in [1.807, 2.05) is 64.1 Å². The number of nitrogens with one attached hydrogen (secondary N) is 1. The van der Waals surface area contributed by atoms with Crippen LogP contribution >= 0.6 is 0 Å². The number of rotatable bonds is 8. The van der Waals surface area contributed by atoms with E-state index < -0.39 is 5.54 Å². The molecule has 0 bridgehead atoms. The van der Waals surface area contributed by atoms with E-state index in [9.17, 15) is 14.9 Å². The summed E-state index contributed by atoms with van der Waals surface area (Å²) in [6.45, 7) is 8.33. The monoisotopic (exact) mass is 552 g/mol. The van der Waals surface area contributed by atoms with Gasteiger partial charge in [0.1, 0.15) is 35.0 Å². The lowest BCUT2D eigenvalue weighted by Crippen LogP contribution is -2.53. The van der Waals surface area contributed by atoms with Crippen molar-refractivity contribution in [1.82, 2.24) is 29.3 Å². The second-order valence-electron chi connectivity index (χ2n) is 10.9. The fourth-order valence-electron chi connectivity index (χ4n) is 5.17. The van der Waals surface area contributed by atoms with Gasteiger partial charge < -0.3 is 20.7 Å². The van der Waals surface area contributed by atoms with Crippen LogP contribution in [0.15, 0.2) is 77.4 Å². The van der Waals surface area contributed by atoms with Gasteiger partial charge in [0, 0.05) is 24.7 Å². The molecule has 2 aromatic carbocycles. The van der Waals surface area contributed by atoms with Crippen molar-refractivity contribution in [2.45, 2.75) is 45.3 Å². The Labute approximate surface area is 237 Å². The number of carbonyl (C=O) groups is 1. The lowest BCUT2D eigenvalue weighted by molar-refractivity contribution is -0.132. The van der Waals surface area contributed by atoms with Crippen LogP contribution in [-0.2, 0) is 4.79 Å². The number of anilines is 1. The number of fused-ring (bicyclic) bond motifs is 1. The first-order valence-corrected chi connectivity index (χ1v) is 13.3. The Morgan fingerprint density at radius 1 is 1.12 bits per heavy atom. The zero-order valence-electron chi connectivity index (χ0n) is 23.4. The average Bonchev–Trinajstić information content (AvgIpc) is 3.19. The molecule has 2 aromatic heterocycles. The second kappa shape index (κ2) is 10.9. The number of imidazole rings is 1. The molecular formula is C30H32N8O3. The van der Waals surface area contributed by atoms with E-state index in [0.717, 1.165) is 0 Å². The highest BCUT2D eigenvalue weighted by atomic mass is 16.5. The van der Waals surface area contributed by atoms with Crippen molar-refractivity contribution >= 4 is 22.9 Å². The quantitative estimate of drug-likeness (QED) is 0.249. The van der Waals surface area contributed by atoms with Crippen LogP contribution in [0.1, 0.15) is 33.7 Å². The van der Waals surface area contributed by atoms with Gasteiger partial charge in [0.25, 0.3) is 5.91 Å². The van der Waals surface area contributed by atoms with Crippen molar-refractivity contribution in [2.24, 2.45) is 0 Å². The maximum atomic E-state index is 13.8. The van der Waals surface area contributed by atoms with Gasteiger partial charge in [-0.1, -0.05) is 32.0 Å². The molecule has 11 heteroatoms. The summed E-state index contributed by atoms with van der Waals surface area (Å²) in [4.78, 5) is 37.0. The van der Waals surface area contributed by atoms with Gasteiger partial charge in [0.2, 0.25) is 0 Å². The molecule has 41 heavy (non-hydrogen) atoms. The van der Waals surface area contributed by atoms with E-state index in [0.29, 0.717) is 28.4 Å². The number of nitrogen functional groups attached to an aromatic ring is 1. The largest absolute Gasteiger partial charge is 0.457 e. The minimum atomic E-state index is -0.542. The summed E-state index contributed by atoms with van der Waals surface area (Å²) in [5.41, 5.74) is 6.73. The lowest BCUT2D eigenvalue weighted by Gasteiger charge is -2.39. The summed E-state index contributed by atoms with van der Waals surface area (Å²) in [6.07, 6.45) is 2.97. The molecule has 0 aliphatic carbocycles. The molecule has 0 atom stereocenters. The number of nitrogens with zero attached hydrogens (tertiary/aromatic N) is 6. The zero-order chi connectivity index (χ0) is 29.3. The van der Waals surface area contributed by atoms with Crippen molar-refractivity contribution in [2.75, 3.05) is 18.8 Å². The number of para-hydroxylation sites is 1. The van der Waals surface area contributed by atoms with Crippen LogP contribution in [0.3, 0.4) is 0 Å². The molecule has 3 heterocycles. The molecule has 0 spiro atoms. The molecular weight excluding hydrogens is 520 g/mol. The Balaban J connectivity index is 1.42. The number of amides is 1. The molecule has 0 radical (unpaired) electrons. The minimum Gasteiger partial charge on any atom is -0.457 e. The smallest absolute Gasteiger partial charge is 0.335 e. The molecule has 4 aromatic rings. The number of carbonyl (C=O) groups excluding carboxylic acids is 1. The minimum absolute atomic E-state index is 0.0563. The van der Waals surface area contributed by atoms with Crippen LogP contribution in [0, 0.1) is 11.3 Å². The van der Waals surface area contributed by atoms with Crippen LogP contribution in [0.4, 0.5) is 5.82 Å². The highest BCUT2D eigenvalue weighted by Gasteiger charge is 2.37. The Kier molecular flexibility index (Phi) is 7.34. The van der Waals surface area contributed by atoms with Crippen molar-refractivity contribution in [3.63, 3.8) is 0 Å². The number of hydrogen-bond acceptors (Lipinski definition) is 8. The summed E-state index contributed by atoms with van der Waals surface area (Å²) in [7, 11) is 0. The summed E-state index contributed by atoms with van der Waals surface area (Å²) in [5.74, 6) is 1.10. The lowest BCUT2D eigenvalue weighted by atomic mass is 9.98. The van der Waals surface area contributed by atoms with E-state index in [-0.39, 0.29) is 48.2 Å². The topological polar surface area (TPSA) is 144 Å². The van der Waals surface area contributed by atoms with Gasteiger partial charge in [-0.25, -0.2) is 14.8 Å². The van der Waals surface area contributed by atoms with Crippen molar-refractivity contribution < 1.29 is 9.53 Å². The van der Waals surface area contributed by atoms with E-state index in [1.165, 1.54) is 10.9 Å². The van der Waals surface area contributed by atoms with Crippen LogP contribution in [0.2, 0.25) is 0 Å². The van der Waals surface area contributed by atoms with Crippen LogP contribution in [-0.4, -0.2) is 54.6 Å². The predicted octanol–water partition coefficient (Wildman–Crippen LogP) is 3.57. The highest BCUT2D eigenvalue weighted by molar-refractivity contribution is 5.98. The standard InChI is InChI=1S/C30H32N8O3/c1-19(2)35-30(3,4)14-20(15-31)28(39)36-16-22(17-36)38-27-25(26(32)33-18-34-27)37(29(38)40)21-10-12-24(13-11-21)41-23-8-6-5-7-9-23/h5-14,18-19,22,35H,16-17H2,1-4H3,(H2,32,33,34). The zero-order valence-corrected chi connectivity index (χ0v) is 23.4. The van der Waals surface area contributed by atoms with E-state index in [1.54, 1.807) is 39.8 Å². The second-order valence-corrected chi connectivity index (χ2v) is 10.9. The first-order chi connectivity index (χ1) is 19.6. The van der Waals surface area contributed by atoms with Crippen LogP contribution < -0.4 is 21.5 Å². The van der Waals surface area contributed by atoms with Gasteiger partial charge >= 0.3 is 5.69 Å². The number of ether oxygens (including phenoxy) is 1. The molecule has 5 rings (SSSR count). The Morgan fingerprint density at radius 2 is 1.78 bits per heavy atom. The van der Waals surface area contributed by atoms with Gasteiger partial charge in [-0.15, -0.1) is 0 Å². The molecule has 0 unspecified atom stereocenters. The fourth-order valence-corrected chi connectivity index (χ4v) is 5.17. The van der Waals surface area contributed by atoms with Gasteiger partial charge in [-0.05, 0) is 56.3 Å². The van der Waals surface area contributed by atoms with Gasteiger partial charge in [-0.3, -0.25) is 13.9 Å². The number of benzene rings is 2. The first kappa shape index (κ1) is 27.6. The third kappa shape index (κ3) is 5.55. The number of hydrogen-bond donors (Lipinski definition) is 2. The van der Waals surface area contributed by atoms with Gasteiger partial charge in [0.05, 0.1) is 11.7 Å². The Morgan fingerprint density at radius 3 is 2.41 bits per heavy atom. The molecule has 1 fully saturated rings. The van der Waals surface area contributed by atoms with Gasteiger partial charge in [0.15, 0.2) is 11.5 Å². The summed E-state index contributed by atoms with van der Waals surface area (Å²) in [6, 6.07) is 18.3. The molecule has 1 amide bonds. The molecule has 0 saturated carbocycles. The van der Waals surface area contributed by atoms with E-state index in [4.69, 9.17) is 10.5 Å². The molecule has 3 N–H and O–H groups in total. The Bertz CT molecular complexity index is 1710. The fraction of sp³-hybridized carbons (Fsp3) is 0.300. The third-order valence-corrected chi connectivity index (χ3v) is 6.79. The SMILES string of the molecule is CC(C)NC(C)(C)C=C(C#N)C(=O)N1CC(n2c(=O)n(-c3ccc(Oc4ccccc4)cc3)c3c(N)ncnc32)C1.